The molecule has 0 aliphatic heterocycles. The molecule has 0 aromatic heterocycles. The Labute approximate surface area is 94.5 Å². The summed E-state index contributed by atoms with van der Waals surface area (Å²) < 4.78 is 11.0. The van der Waals surface area contributed by atoms with E-state index in [2.05, 4.69) is 26.1 Å². The summed E-state index contributed by atoms with van der Waals surface area (Å²) in [5.41, 5.74) is 0.202. The minimum atomic E-state index is 0.202. The van der Waals surface area contributed by atoms with Crippen molar-refractivity contribution in [2.45, 2.75) is 40.7 Å². The van der Waals surface area contributed by atoms with Crippen LogP contribution in [0.4, 0.5) is 0 Å². The van der Waals surface area contributed by atoms with Crippen LogP contribution in [0.15, 0.2) is 0 Å². The molecule has 0 saturated heterocycles. The topological polar surface area (TPSA) is 30.5 Å². The first kappa shape index (κ1) is 14.9. The molecule has 0 rings (SSSR count). The van der Waals surface area contributed by atoms with E-state index < -0.39 is 0 Å². The standard InChI is InChI=1S/C12H27NO2/c1-6-13-9-12(4,5)10-14-7-8-15-11(2)3/h11,13H,6-10H2,1-5H3. The molecule has 0 unspecified atom stereocenters. The second-order valence-electron chi connectivity index (χ2n) is 4.92. The predicted molar refractivity (Wildman–Crippen MR) is 64.2 cm³/mol. The van der Waals surface area contributed by atoms with Crippen LogP contribution >= 0.6 is 0 Å². The maximum absolute atomic E-state index is 5.58. The molecule has 0 aromatic rings. The number of hydrogen-bond acceptors (Lipinski definition) is 3. The smallest absolute Gasteiger partial charge is 0.0703 e. The molecule has 1 N–H and O–H groups in total. The third-order valence-corrected chi connectivity index (χ3v) is 2.03. The van der Waals surface area contributed by atoms with Crippen molar-refractivity contribution in [2.24, 2.45) is 5.41 Å². The number of rotatable bonds is 9. The van der Waals surface area contributed by atoms with E-state index in [9.17, 15) is 0 Å². The number of hydrogen-bond donors (Lipinski definition) is 1. The van der Waals surface area contributed by atoms with Gasteiger partial charge in [0.15, 0.2) is 0 Å². The van der Waals surface area contributed by atoms with Gasteiger partial charge in [-0.2, -0.15) is 0 Å². The van der Waals surface area contributed by atoms with E-state index in [1.165, 1.54) is 0 Å². The lowest BCUT2D eigenvalue weighted by molar-refractivity contribution is -0.00312. The molecule has 0 heterocycles. The van der Waals surface area contributed by atoms with Crippen molar-refractivity contribution >= 4 is 0 Å². The summed E-state index contributed by atoms with van der Waals surface area (Å²) >= 11 is 0. The van der Waals surface area contributed by atoms with Gasteiger partial charge in [0.2, 0.25) is 0 Å². The summed E-state index contributed by atoms with van der Waals surface area (Å²) in [6, 6.07) is 0. The fourth-order valence-corrected chi connectivity index (χ4v) is 1.21. The molecule has 0 aromatic carbocycles. The van der Waals surface area contributed by atoms with Crippen LogP contribution < -0.4 is 5.32 Å². The molecule has 0 aliphatic carbocycles. The van der Waals surface area contributed by atoms with E-state index >= 15 is 0 Å². The molecule has 0 bridgehead atoms. The van der Waals surface area contributed by atoms with E-state index in [1.807, 2.05) is 13.8 Å². The third-order valence-electron chi connectivity index (χ3n) is 2.03. The van der Waals surface area contributed by atoms with E-state index in [0.29, 0.717) is 19.3 Å². The minimum absolute atomic E-state index is 0.202. The highest BCUT2D eigenvalue weighted by Crippen LogP contribution is 2.13. The number of ether oxygens (including phenoxy) is 2. The van der Waals surface area contributed by atoms with Gasteiger partial charge >= 0.3 is 0 Å². The molecule has 0 saturated carbocycles. The first-order valence-electron chi connectivity index (χ1n) is 5.88. The Kier molecular flexibility index (Phi) is 8.02. The van der Waals surface area contributed by atoms with E-state index in [1.54, 1.807) is 0 Å². The lowest BCUT2D eigenvalue weighted by Gasteiger charge is -2.24. The van der Waals surface area contributed by atoms with E-state index in [-0.39, 0.29) is 5.41 Å². The Morgan fingerprint density at radius 1 is 1.20 bits per heavy atom. The van der Waals surface area contributed by atoms with Crippen LogP contribution in [0.5, 0.6) is 0 Å². The highest BCUT2D eigenvalue weighted by molar-refractivity contribution is 4.70. The zero-order valence-corrected chi connectivity index (χ0v) is 10.9. The fourth-order valence-electron chi connectivity index (χ4n) is 1.21. The summed E-state index contributed by atoms with van der Waals surface area (Å²) in [5.74, 6) is 0. The van der Waals surface area contributed by atoms with Crippen LogP contribution in [0.25, 0.3) is 0 Å². The van der Waals surface area contributed by atoms with Crippen LogP contribution in [0.3, 0.4) is 0 Å². The van der Waals surface area contributed by atoms with Gasteiger partial charge in [-0.05, 0) is 20.4 Å². The lowest BCUT2D eigenvalue weighted by Crippen LogP contribution is -2.33. The Hall–Kier alpha value is -0.120. The maximum Gasteiger partial charge on any atom is 0.0703 e. The molecule has 0 spiro atoms. The monoisotopic (exact) mass is 217 g/mol. The van der Waals surface area contributed by atoms with Crippen molar-refractivity contribution in [3.8, 4) is 0 Å². The van der Waals surface area contributed by atoms with Gasteiger partial charge in [-0.25, -0.2) is 0 Å². The molecule has 0 atom stereocenters. The first-order chi connectivity index (χ1) is 6.98. The van der Waals surface area contributed by atoms with Crippen LogP contribution in [-0.4, -0.2) is 39.0 Å². The summed E-state index contributed by atoms with van der Waals surface area (Å²) in [7, 11) is 0. The fraction of sp³-hybridized carbons (Fsp3) is 1.00. The summed E-state index contributed by atoms with van der Waals surface area (Å²) in [4.78, 5) is 0. The van der Waals surface area contributed by atoms with E-state index in [0.717, 1.165) is 19.7 Å². The van der Waals surface area contributed by atoms with Gasteiger partial charge in [0.25, 0.3) is 0 Å². The zero-order valence-electron chi connectivity index (χ0n) is 10.9. The zero-order chi connectivity index (χ0) is 11.7. The van der Waals surface area contributed by atoms with Crippen LogP contribution in [0.2, 0.25) is 0 Å². The minimum Gasteiger partial charge on any atom is -0.378 e. The molecule has 0 amide bonds. The van der Waals surface area contributed by atoms with Crippen molar-refractivity contribution in [1.82, 2.24) is 5.32 Å². The normalized spacial score (nSPS) is 12.4. The second kappa shape index (κ2) is 8.08. The Morgan fingerprint density at radius 2 is 1.87 bits per heavy atom. The first-order valence-corrected chi connectivity index (χ1v) is 5.88. The highest BCUT2D eigenvalue weighted by atomic mass is 16.5. The molecule has 0 aliphatic rings. The Balaban J connectivity index is 3.40. The molecule has 92 valence electrons. The van der Waals surface area contributed by atoms with Crippen molar-refractivity contribution in [2.75, 3.05) is 32.9 Å². The van der Waals surface area contributed by atoms with Gasteiger partial charge in [0.05, 0.1) is 25.9 Å². The largest absolute Gasteiger partial charge is 0.378 e. The maximum atomic E-state index is 5.58. The molecular weight excluding hydrogens is 190 g/mol. The third kappa shape index (κ3) is 10.2. The van der Waals surface area contributed by atoms with Gasteiger partial charge in [0.1, 0.15) is 0 Å². The van der Waals surface area contributed by atoms with Crippen LogP contribution in [0, 0.1) is 5.41 Å². The van der Waals surface area contributed by atoms with Crippen molar-refractivity contribution in [3.63, 3.8) is 0 Å². The predicted octanol–water partition coefficient (Wildman–Crippen LogP) is 2.06. The molecule has 0 fully saturated rings. The van der Waals surface area contributed by atoms with Crippen LogP contribution in [-0.2, 0) is 9.47 Å². The summed E-state index contributed by atoms with van der Waals surface area (Å²) in [6.07, 6.45) is 0.295. The average molecular weight is 217 g/mol. The van der Waals surface area contributed by atoms with Crippen molar-refractivity contribution in [1.29, 1.82) is 0 Å². The molecule has 15 heavy (non-hydrogen) atoms. The van der Waals surface area contributed by atoms with E-state index in [4.69, 9.17) is 9.47 Å². The Morgan fingerprint density at radius 3 is 2.40 bits per heavy atom. The van der Waals surface area contributed by atoms with Gasteiger partial charge in [0, 0.05) is 12.0 Å². The van der Waals surface area contributed by atoms with Gasteiger partial charge in [-0.3, -0.25) is 0 Å². The molecule has 3 nitrogen and oxygen atoms in total. The Bertz CT molecular complexity index is 147. The molecule has 0 radical (unpaired) electrons. The second-order valence-corrected chi connectivity index (χ2v) is 4.92. The van der Waals surface area contributed by atoms with Crippen molar-refractivity contribution in [3.05, 3.63) is 0 Å². The average Bonchev–Trinajstić information content (AvgIpc) is 2.14. The lowest BCUT2D eigenvalue weighted by atomic mass is 9.95. The molecular formula is C12H27NO2. The highest BCUT2D eigenvalue weighted by Gasteiger charge is 2.16. The van der Waals surface area contributed by atoms with Crippen LogP contribution in [0.1, 0.15) is 34.6 Å². The summed E-state index contributed by atoms with van der Waals surface area (Å²) in [6.45, 7) is 14.8. The molecule has 3 heteroatoms. The summed E-state index contributed by atoms with van der Waals surface area (Å²) in [5, 5.41) is 3.34. The van der Waals surface area contributed by atoms with Gasteiger partial charge in [-0.15, -0.1) is 0 Å². The quantitative estimate of drug-likeness (QED) is 0.600. The van der Waals surface area contributed by atoms with Crippen molar-refractivity contribution < 1.29 is 9.47 Å². The van der Waals surface area contributed by atoms with Gasteiger partial charge < -0.3 is 14.8 Å². The SMILES string of the molecule is CCNCC(C)(C)COCCOC(C)C. The van der Waals surface area contributed by atoms with Gasteiger partial charge in [-0.1, -0.05) is 20.8 Å². The number of nitrogens with one attached hydrogen (secondary N) is 1.